The number of benzene rings is 2. The number of ether oxygens (including phenoxy) is 3. The van der Waals surface area contributed by atoms with Gasteiger partial charge in [0.25, 0.3) is 0 Å². The highest BCUT2D eigenvalue weighted by molar-refractivity contribution is 7.66. The van der Waals surface area contributed by atoms with Crippen LogP contribution in [0, 0.1) is 5.92 Å². The lowest BCUT2D eigenvalue weighted by Gasteiger charge is -2.20. The van der Waals surface area contributed by atoms with Gasteiger partial charge in [-0.25, -0.2) is 0 Å². The van der Waals surface area contributed by atoms with Crippen molar-refractivity contribution in [2.75, 3.05) is 20.9 Å². The van der Waals surface area contributed by atoms with Crippen molar-refractivity contribution in [3.05, 3.63) is 36.4 Å². The summed E-state index contributed by atoms with van der Waals surface area (Å²) in [5, 5.41) is 1.31. The van der Waals surface area contributed by atoms with E-state index in [-0.39, 0.29) is 5.85 Å². The molecule has 2 aromatic rings. The molecule has 0 bridgehead atoms. The summed E-state index contributed by atoms with van der Waals surface area (Å²) in [5.74, 6) is 3.42. The maximum absolute atomic E-state index is 6.24. The molecule has 2 atom stereocenters. The van der Waals surface area contributed by atoms with Crippen LogP contribution in [0.1, 0.15) is 13.8 Å². The minimum atomic E-state index is -0.396. The van der Waals surface area contributed by atoms with E-state index in [1.54, 1.807) is 14.2 Å². The Kier molecular flexibility index (Phi) is 4.50. The molecule has 0 aliphatic carbocycles. The van der Waals surface area contributed by atoms with Gasteiger partial charge in [0.2, 0.25) is 0 Å². The zero-order valence-electron chi connectivity index (χ0n) is 14.3. The van der Waals surface area contributed by atoms with Gasteiger partial charge in [0.1, 0.15) is 23.1 Å². The number of methoxy groups -OCH3 is 2. The van der Waals surface area contributed by atoms with E-state index in [4.69, 9.17) is 14.2 Å². The van der Waals surface area contributed by atoms with E-state index < -0.39 is 7.92 Å². The Morgan fingerprint density at radius 1 is 1.00 bits per heavy atom. The molecule has 1 unspecified atom stereocenters. The zero-order chi connectivity index (χ0) is 16.6. The van der Waals surface area contributed by atoms with Crippen LogP contribution < -0.4 is 19.5 Å². The molecule has 122 valence electrons. The molecule has 1 aliphatic heterocycles. The highest BCUT2D eigenvalue weighted by atomic mass is 31.1. The van der Waals surface area contributed by atoms with Crippen LogP contribution in [0.2, 0.25) is 0 Å². The minimum absolute atomic E-state index is 0.266. The van der Waals surface area contributed by atoms with Crippen LogP contribution >= 0.6 is 7.92 Å². The van der Waals surface area contributed by atoms with E-state index in [9.17, 15) is 0 Å². The molecule has 23 heavy (non-hydrogen) atoms. The second-order valence-electron chi connectivity index (χ2n) is 6.05. The fraction of sp³-hybridized carbons (Fsp3) is 0.368. The van der Waals surface area contributed by atoms with E-state index in [1.165, 1.54) is 5.30 Å². The Labute approximate surface area is 139 Å². The summed E-state index contributed by atoms with van der Waals surface area (Å²) in [7, 11) is 3.00. The summed E-state index contributed by atoms with van der Waals surface area (Å²) in [6, 6.07) is 12.2. The molecule has 0 N–H and O–H groups in total. The van der Waals surface area contributed by atoms with E-state index in [0.29, 0.717) is 5.92 Å². The van der Waals surface area contributed by atoms with Gasteiger partial charge in [0.15, 0.2) is 0 Å². The first kappa shape index (κ1) is 16.1. The van der Waals surface area contributed by atoms with Gasteiger partial charge in [-0.05, 0) is 38.7 Å². The van der Waals surface area contributed by atoms with Crippen molar-refractivity contribution in [2.24, 2.45) is 5.92 Å². The van der Waals surface area contributed by atoms with E-state index >= 15 is 0 Å². The molecule has 0 amide bonds. The van der Waals surface area contributed by atoms with Crippen LogP contribution in [-0.2, 0) is 0 Å². The quantitative estimate of drug-likeness (QED) is 0.774. The standard InChI is InChI=1S/C19H23O3P/c1-12(2)19-22-16-11-6-8-13(18(16)23(19)5)17-14(20-3)9-7-10-15(17)21-4/h6-12,19H,1-5H3/t19-,23?/m1/s1. The topological polar surface area (TPSA) is 27.7 Å². The summed E-state index contributed by atoms with van der Waals surface area (Å²) in [5.41, 5.74) is 2.17. The summed E-state index contributed by atoms with van der Waals surface area (Å²) >= 11 is 0. The first-order chi connectivity index (χ1) is 11.1. The second-order valence-corrected chi connectivity index (χ2v) is 8.23. The summed E-state index contributed by atoms with van der Waals surface area (Å²) in [4.78, 5) is 0. The Bertz CT molecular complexity index is 690. The molecule has 1 heterocycles. The molecule has 2 aromatic carbocycles. The van der Waals surface area contributed by atoms with Crippen molar-refractivity contribution >= 4 is 13.2 Å². The average Bonchev–Trinajstić information content (AvgIpc) is 2.91. The number of rotatable bonds is 4. The first-order valence-electron chi connectivity index (χ1n) is 7.82. The van der Waals surface area contributed by atoms with Crippen LogP contribution in [0.5, 0.6) is 17.2 Å². The average molecular weight is 330 g/mol. The lowest BCUT2D eigenvalue weighted by atomic mass is 10.0. The van der Waals surface area contributed by atoms with Crippen molar-refractivity contribution in [3.8, 4) is 28.4 Å². The lowest BCUT2D eigenvalue weighted by molar-refractivity contribution is 0.242. The monoisotopic (exact) mass is 330 g/mol. The molecule has 0 saturated heterocycles. The molecule has 3 rings (SSSR count). The highest BCUT2D eigenvalue weighted by Crippen LogP contribution is 2.53. The van der Waals surface area contributed by atoms with Crippen LogP contribution in [-0.4, -0.2) is 26.7 Å². The third-order valence-electron chi connectivity index (χ3n) is 4.25. The fourth-order valence-corrected chi connectivity index (χ4v) is 5.68. The molecule has 3 nitrogen and oxygen atoms in total. The van der Waals surface area contributed by atoms with Crippen molar-refractivity contribution in [2.45, 2.75) is 19.7 Å². The number of fused-ring (bicyclic) bond motifs is 1. The molecule has 0 aromatic heterocycles. The van der Waals surface area contributed by atoms with E-state index in [2.05, 4.69) is 32.6 Å². The smallest absolute Gasteiger partial charge is 0.130 e. The summed E-state index contributed by atoms with van der Waals surface area (Å²) in [6.45, 7) is 6.74. The van der Waals surface area contributed by atoms with Crippen molar-refractivity contribution < 1.29 is 14.2 Å². The van der Waals surface area contributed by atoms with Crippen LogP contribution in [0.15, 0.2) is 36.4 Å². The highest BCUT2D eigenvalue weighted by Gasteiger charge is 2.35. The SMILES string of the molecule is COc1cccc(OC)c1-c1cccc2c1P(C)[C@H](C(C)C)O2. The van der Waals surface area contributed by atoms with Gasteiger partial charge in [-0.3, -0.25) is 0 Å². The zero-order valence-corrected chi connectivity index (χ0v) is 15.2. The van der Waals surface area contributed by atoms with E-state index in [1.807, 2.05) is 24.3 Å². The third kappa shape index (κ3) is 2.68. The summed E-state index contributed by atoms with van der Waals surface area (Å²) in [6.07, 6.45) is 0. The van der Waals surface area contributed by atoms with Crippen molar-refractivity contribution in [1.29, 1.82) is 0 Å². The predicted octanol–water partition coefficient (Wildman–Crippen LogP) is 4.48. The van der Waals surface area contributed by atoms with Gasteiger partial charge in [0.05, 0.1) is 19.8 Å². The Balaban J connectivity index is 2.21. The van der Waals surface area contributed by atoms with Crippen molar-refractivity contribution in [1.82, 2.24) is 0 Å². The van der Waals surface area contributed by atoms with Crippen LogP contribution in [0.25, 0.3) is 11.1 Å². The van der Waals surface area contributed by atoms with Gasteiger partial charge >= 0.3 is 0 Å². The van der Waals surface area contributed by atoms with Gasteiger partial charge < -0.3 is 14.2 Å². The Hall–Kier alpha value is -1.73. The van der Waals surface area contributed by atoms with E-state index in [0.717, 1.165) is 28.4 Å². The van der Waals surface area contributed by atoms with Gasteiger partial charge in [-0.2, -0.15) is 0 Å². The maximum atomic E-state index is 6.24. The van der Waals surface area contributed by atoms with Crippen molar-refractivity contribution in [3.63, 3.8) is 0 Å². The molecule has 0 spiro atoms. The lowest BCUT2D eigenvalue weighted by Crippen LogP contribution is -2.17. The molecule has 0 saturated carbocycles. The first-order valence-corrected chi connectivity index (χ1v) is 9.68. The number of hydrogen-bond donors (Lipinski definition) is 0. The summed E-state index contributed by atoms with van der Waals surface area (Å²) < 4.78 is 17.4. The van der Waals surface area contributed by atoms with Gasteiger partial charge in [-0.15, -0.1) is 0 Å². The molecule has 0 radical (unpaired) electrons. The number of hydrogen-bond acceptors (Lipinski definition) is 3. The Morgan fingerprint density at radius 2 is 1.61 bits per heavy atom. The van der Waals surface area contributed by atoms with Gasteiger partial charge in [-0.1, -0.05) is 32.0 Å². The molecule has 0 fully saturated rings. The maximum Gasteiger partial charge on any atom is 0.130 e. The van der Waals surface area contributed by atoms with Crippen LogP contribution in [0.4, 0.5) is 0 Å². The molecule has 4 heteroatoms. The largest absolute Gasteiger partial charge is 0.496 e. The second kappa shape index (κ2) is 6.41. The molecular formula is C19H23O3P. The van der Waals surface area contributed by atoms with Crippen LogP contribution in [0.3, 0.4) is 0 Å². The fourth-order valence-electron chi connectivity index (χ4n) is 3.22. The predicted molar refractivity (Wildman–Crippen MR) is 96.7 cm³/mol. The Morgan fingerprint density at radius 3 is 2.17 bits per heavy atom. The molecular weight excluding hydrogens is 307 g/mol. The third-order valence-corrected chi connectivity index (χ3v) is 6.88. The normalized spacial score (nSPS) is 19.4. The minimum Gasteiger partial charge on any atom is -0.496 e. The van der Waals surface area contributed by atoms with Gasteiger partial charge in [0, 0.05) is 10.9 Å². The molecule has 1 aliphatic rings.